The van der Waals surface area contributed by atoms with Gasteiger partial charge >= 0.3 is 0 Å². The van der Waals surface area contributed by atoms with E-state index < -0.39 is 0 Å². The molecule has 0 aliphatic heterocycles. The Balaban J connectivity index is 2.33. The fourth-order valence-corrected chi connectivity index (χ4v) is 2.67. The molecular formula is C15H18BrN3O. The summed E-state index contributed by atoms with van der Waals surface area (Å²) >= 11 is 3.45. The highest BCUT2D eigenvalue weighted by molar-refractivity contribution is 9.10. The molecule has 1 aromatic carbocycles. The lowest BCUT2D eigenvalue weighted by Gasteiger charge is -2.10. The molecule has 1 heterocycles. The quantitative estimate of drug-likeness (QED) is 0.931. The Morgan fingerprint density at radius 1 is 1.40 bits per heavy atom. The maximum Gasteiger partial charge on any atom is 0.259 e. The molecule has 1 aromatic heterocycles. The van der Waals surface area contributed by atoms with Gasteiger partial charge in [0.1, 0.15) is 0 Å². The molecule has 0 unspecified atom stereocenters. The van der Waals surface area contributed by atoms with E-state index in [2.05, 4.69) is 33.3 Å². The van der Waals surface area contributed by atoms with Gasteiger partial charge in [-0.15, -0.1) is 0 Å². The van der Waals surface area contributed by atoms with Crippen molar-refractivity contribution in [2.24, 2.45) is 7.05 Å². The lowest BCUT2D eigenvalue weighted by atomic mass is 10.1. The Kier molecular flexibility index (Phi) is 4.28. The normalized spacial score (nSPS) is 10.7. The van der Waals surface area contributed by atoms with Crippen molar-refractivity contribution in [3.63, 3.8) is 0 Å². The number of benzene rings is 1. The highest BCUT2D eigenvalue weighted by atomic mass is 79.9. The summed E-state index contributed by atoms with van der Waals surface area (Å²) in [6.45, 7) is 5.82. The van der Waals surface area contributed by atoms with E-state index in [0.29, 0.717) is 5.56 Å². The van der Waals surface area contributed by atoms with Crippen LogP contribution in [0.3, 0.4) is 0 Å². The van der Waals surface area contributed by atoms with E-state index >= 15 is 0 Å². The minimum Gasteiger partial charge on any atom is -0.322 e. The molecule has 1 N–H and O–H groups in total. The molecule has 0 radical (unpaired) electrons. The van der Waals surface area contributed by atoms with Crippen molar-refractivity contribution in [3.05, 3.63) is 45.2 Å². The van der Waals surface area contributed by atoms with Crippen molar-refractivity contribution in [1.82, 2.24) is 9.78 Å². The minimum atomic E-state index is -0.106. The monoisotopic (exact) mass is 335 g/mol. The number of carbonyl (C=O) groups is 1. The first-order chi connectivity index (χ1) is 9.43. The largest absolute Gasteiger partial charge is 0.322 e. The zero-order valence-electron chi connectivity index (χ0n) is 12.1. The maximum absolute atomic E-state index is 12.4. The number of rotatable bonds is 3. The summed E-state index contributed by atoms with van der Waals surface area (Å²) < 4.78 is 2.74. The average molecular weight is 336 g/mol. The Labute approximate surface area is 127 Å². The summed E-state index contributed by atoms with van der Waals surface area (Å²) in [5.41, 5.74) is 4.22. The van der Waals surface area contributed by atoms with Gasteiger partial charge in [0.2, 0.25) is 0 Å². The van der Waals surface area contributed by atoms with Crippen LogP contribution < -0.4 is 5.32 Å². The number of carbonyl (C=O) groups excluding carboxylic acids is 1. The van der Waals surface area contributed by atoms with Gasteiger partial charge in [-0.2, -0.15) is 5.10 Å². The number of hydrogen-bond donors (Lipinski definition) is 1. The second-order valence-electron chi connectivity index (χ2n) is 4.78. The molecule has 20 heavy (non-hydrogen) atoms. The van der Waals surface area contributed by atoms with E-state index in [1.807, 2.05) is 39.1 Å². The van der Waals surface area contributed by atoms with E-state index in [1.165, 1.54) is 0 Å². The predicted molar refractivity (Wildman–Crippen MR) is 84.2 cm³/mol. The number of anilines is 1. The number of nitrogens with zero attached hydrogens (tertiary/aromatic N) is 2. The molecule has 2 rings (SSSR count). The average Bonchev–Trinajstić information content (AvgIpc) is 2.65. The fourth-order valence-electron chi connectivity index (χ4n) is 2.26. The number of amides is 1. The topological polar surface area (TPSA) is 46.9 Å². The molecule has 2 aromatic rings. The molecule has 0 aliphatic rings. The zero-order chi connectivity index (χ0) is 14.9. The van der Waals surface area contributed by atoms with E-state index in [-0.39, 0.29) is 5.91 Å². The van der Waals surface area contributed by atoms with E-state index in [1.54, 1.807) is 4.68 Å². The van der Waals surface area contributed by atoms with Gasteiger partial charge in [0, 0.05) is 22.9 Å². The summed E-state index contributed by atoms with van der Waals surface area (Å²) in [7, 11) is 1.84. The molecule has 106 valence electrons. The van der Waals surface area contributed by atoms with Crippen LogP contribution in [0.2, 0.25) is 0 Å². The smallest absolute Gasteiger partial charge is 0.259 e. The van der Waals surface area contributed by atoms with Crippen LogP contribution in [-0.2, 0) is 13.5 Å². The first-order valence-corrected chi connectivity index (χ1v) is 7.33. The summed E-state index contributed by atoms with van der Waals surface area (Å²) in [5, 5.41) is 7.27. The number of aryl methyl sites for hydroxylation is 3. The molecule has 0 fully saturated rings. The van der Waals surface area contributed by atoms with E-state index in [9.17, 15) is 4.79 Å². The van der Waals surface area contributed by atoms with Gasteiger partial charge in [0.25, 0.3) is 5.91 Å². The van der Waals surface area contributed by atoms with Crippen LogP contribution in [0.4, 0.5) is 5.69 Å². The number of halogens is 1. The van der Waals surface area contributed by atoms with Crippen LogP contribution in [0.15, 0.2) is 22.7 Å². The van der Waals surface area contributed by atoms with E-state index in [0.717, 1.165) is 33.5 Å². The summed E-state index contributed by atoms with van der Waals surface area (Å²) in [6, 6.07) is 5.87. The minimum absolute atomic E-state index is 0.106. The molecule has 0 saturated carbocycles. The molecule has 0 saturated heterocycles. The van der Waals surface area contributed by atoms with Crippen LogP contribution >= 0.6 is 15.9 Å². The third-order valence-corrected chi connectivity index (χ3v) is 3.93. The van der Waals surface area contributed by atoms with Crippen molar-refractivity contribution >= 4 is 27.5 Å². The van der Waals surface area contributed by atoms with Crippen LogP contribution in [0.5, 0.6) is 0 Å². The van der Waals surface area contributed by atoms with Gasteiger partial charge in [-0.3, -0.25) is 9.48 Å². The Hall–Kier alpha value is -1.62. The van der Waals surface area contributed by atoms with Crippen molar-refractivity contribution in [2.75, 3.05) is 5.32 Å². The van der Waals surface area contributed by atoms with Gasteiger partial charge in [-0.05, 0) is 44.0 Å². The zero-order valence-corrected chi connectivity index (χ0v) is 13.7. The SMILES string of the molecule is CCc1cc(Br)ccc1NC(=O)c1c(C)nn(C)c1C. The van der Waals surface area contributed by atoms with Crippen molar-refractivity contribution in [3.8, 4) is 0 Å². The van der Waals surface area contributed by atoms with Gasteiger partial charge < -0.3 is 5.32 Å². The maximum atomic E-state index is 12.4. The molecule has 4 nitrogen and oxygen atoms in total. The first-order valence-electron chi connectivity index (χ1n) is 6.54. The van der Waals surface area contributed by atoms with Crippen LogP contribution in [-0.4, -0.2) is 15.7 Å². The molecule has 0 spiro atoms. The second kappa shape index (κ2) is 5.79. The van der Waals surface area contributed by atoms with Crippen molar-refractivity contribution in [1.29, 1.82) is 0 Å². The van der Waals surface area contributed by atoms with Gasteiger partial charge in [0.05, 0.1) is 11.3 Å². The summed E-state index contributed by atoms with van der Waals surface area (Å²) in [4.78, 5) is 12.4. The Bertz CT molecular complexity index is 661. The second-order valence-corrected chi connectivity index (χ2v) is 5.69. The fraction of sp³-hybridized carbons (Fsp3) is 0.333. The third kappa shape index (κ3) is 2.77. The standard InChI is InChI=1S/C15H18BrN3O/c1-5-11-8-12(16)6-7-13(11)17-15(20)14-9(2)18-19(4)10(14)3/h6-8H,5H2,1-4H3,(H,17,20). The lowest BCUT2D eigenvalue weighted by molar-refractivity contribution is 0.102. The predicted octanol–water partition coefficient (Wildman–Crippen LogP) is 3.61. The van der Waals surface area contributed by atoms with Crippen LogP contribution in [0.1, 0.15) is 34.2 Å². The lowest BCUT2D eigenvalue weighted by Crippen LogP contribution is -2.15. The number of hydrogen-bond acceptors (Lipinski definition) is 2. The van der Waals surface area contributed by atoms with Crippen molar-refractivity contribution in [2.45, 2.75) is 27.2 Å². The molecular weight excluding hydrogens is 318 g/mol. The molecule has 0 bridgehead atoms. The molecule has 1 amide bonds. The summed E-state index contributed by atoms with van der Waals surface area (Å²) in [5.74, 6) is -0.106. The third-order valence-electron chi connectivity index (χ3n) is 3.43. The summed E-state index contributed by atoms with van der Waals surface area (Å²) in [6.07, 6.45) is 0.861. The van der Waals surface area contributed by atoms with Crippen LogP contribution in [0, 0.1) is 13.8 Å². The molecule has 5 heteroatoms. The van der Waals surface area contributed by atoms with Crippen LogP contribution in [0.25, 0.3) is 0 Å². The Morgan fingerprint density at radius 3 is 2.65 bits per heavy atom. The molecule has 0 atom stereocenters. The van der Waals surface area contributed by atoms with Crippen molar-refractivity contribution < 1.29 is 4.79 Å². The van der Waals surface area contributed by atoms with Gasteiger partial charge in [0.15, 0.2) is 0 Å². The highest BCUT2D eigenvalue weighted by Crippen LogP contribution is 2.23. The first kappa shape index (κ1) is 14.8. The number of aromatic nitrogens is 2. The highest BCUT2D eigenvalue weighted by Gasteiger charge is 2.18. The Morgan fingerprint density at radius 2 is 2.10 bits per heavy atom. The molecule has 0 aliphatic carbocycles. The van der Waals surface area contributed by atoms with Gasteiger partial charge in [-0.1, -0.05) is 22.9 Å². The van der Waals surface area contributed by atoms with Gasteiger partial charge in [-0.25, -0.2) is 0 Å². The van der Waals surface area contributed by atoms with E-state index in [4.69, 9.17) is 0 Å². The number of nitrogens with one attached hydrogen (secondary N) is 1.